The molecule has 0 saturated carbocycles. The molecule has 2 nitrogen and oxygen atoms in total. The molecule has 3 heteroatoms. The molecule has 97 valence electrons. The summed E-state index contributed by atoms with van der Waals surface area (Å²) < 4.78 is 1.80. The first-order valence-corrected chi connectivity index (χ1v) is 5.90. The van der Waals surface area contributed by atoms with E-state index in [2.05, 4.69) is 35.4 Å². The monoisotopic (exact) mass is 426 g/mol. The number of rotatable bonds is 2. The van der Waals surface area contributed by atoms with Crippen LogP contribution < -0.4 is 0 Å². The van der Waals surface area contributed by atoms with Crippen LogP contribution in [-0.2, 0) is 27.2 Å². The Morgan fingerprint density at radius 3 is 2.47 bits per heavy atom. The van der Waals surface area contributed by atoms with Crippen LogP contribution in [0.2, 0.25) is 0 Å². The van der Waals surface area contributed by atoms with E-state index in [4.69, 9.17) is 0 Å². The van der Waals surface area contributed by atoms with Crippen molar-refractivity contribution < 1.29 is 20.1 Å². The third-order valence-electron chi connectivity index (χ3n) is 2.90. The van der Waals surface area contributed by atoms with Gasteiger partial charge in [0, 0.05) is 39.0 Å². The molecule has 0 aliphatic rings. The van der Waals surface area contributed by atoms with Gasteiger partial charge in [0.05, 0.1) is 0 Å². The normalized spacial score (nSPS) is 9.95. The summed E-state index contributed by atoms with van der Waals surface area (Å²) in [4.78, 5) is 0. The number of aromatic nitrogens is 2. The first-order chi connectivity index (χ1) is 8.83. The first kappa shape index (κ1) is 13.7. The van der Waals surface area contributed by atoms with Crippen LogP contribution in [-0.4, -0.2) is 9.78 Å². The molecule has 0 fully saturated rings. The Bertz CT molecular complexity index is 659. The molecule has 2 aromatic carbocycles. The molecular weight excluding hydrogens is 412 g/mol. The van der Waals surface area contributed by atoms with Gasteiger partial charge in [-0.05, 0) is 5.56 Å². The number of nitrogens with zero attached hydrogens (tertiary/aromatic N) is 2. The van der Waals surface area contributed by atoms with E-state index >= 15 is 0 Å². The third-order valence-corrected chi connectivity index (χ3v) is 2.90. The van der Waals surface area contributed by atoms with Crippen LogP contribution in [0, 0.1) is 6.07 Å². The molecule has 1 heterocycles. The van der Waals surface area contributed by atoms with Gasteiger partial charge in [-0.3, -0.25) is 4.68 Å². The average Bonchev–Trinajstić information content (AvgIpc) is 2.87. The summed E-state index contributed by atoms with van der Waals surface area (Å²) in [5.41, 5.74) is 4.38. The fourth-order valence-corrected chi connectivity index (χ4v) is 1.98. The molecule has 0 unspecified atom stereocenters. The van der Waals surface area contributed by atoms with Gasteiger partial charge in [-0.2, -0.15) is 0 Å². The van der Waals surface area contributed by atoms with Crippen molar-refractivity contribution in [2.24, 2.45) is 7.05 Å². The summed E-state index contributed by atoms with van der Waals surface area (Å²) in [5.74, 6) is 0. The molecule has 1 aromatic heterocycles. The second-order valence-corrected chi connectivity index (χ2v) is 4.23. The zero-order chi connectivity index (χ0) is 12.4. The number of hydrogen-bond donors (Lipinski definition) is 0. The molecule has 1 radical (unpaired) electrons. The first-order valence-electron chi connectivity index (χ1n) is 5.90. The quantitative estimate of drug-likeness (QED) is 0.575. The molecule has 3 rings (SSSR count). The van der Waals surface area contributed by atoms with E-state index in [0.29, 0.717) is 0 Å². The Hall–Kier alpha value is -1.70. The smallest absolute Gasteiger partial charge is 0.0288 e. The van der Waals surface area contributed by atoms with E-state index in [0.717, 1.165) is 11.3 Å². The molecule has 0 saturated heterocycles. The van der Waals surface area contributed by atoms with Gasteiger partial charge in [0.2, 0.25) is 0 Å². The fraction of sp³-hybridized carbons (Fsp3) is 0.0625. The minimum absolute atomic E-state index is 0. The van der Waals surface area contributed by atoms with Gasteiger partial charge in [-0.1, -0.05) is 36.4 Å². The second-order valence-electron chi connectivity index (χ2n) is 4.23. The molecule has 0 aliphatic carbocycles. The van der Waals surface area contributed by atoms with Gasteiger partial charge in [-0.15, -0.1) is 35.4 Å². The molecular formula is C16H13IrN2-. The summed E-state index contributed by atoms with van der Waals surface area (Å²) >= 11 is 0. The molecule has 3 aromatic rings. The van der Waals surface area contributed by atoms with E-state index in [1.165, 1.54) is 11.1 Å². The summed E-state index contributed by atoms with van der Waals surface area (Å²) in [7, 11) is 1.92. The Labute approximate surface area is 126 Å². The van der Waals surface area contributed by atoms with E-state index in [1.54, 1.807) is 4.68 Å². The van der Waals surface area contributed by atoms with Crippen LogP contribution in [0.5, 0.6) is 0 Å². The van der Waals surface area contributed by atoms with Gasteiger partial charge >= 0.3 is 0 Å². The molecule has 0 spiro atoms. The van der Waals surface area contributed by atoms with Crippen LogP contribution in [0.15, 0.2) is 60.8 Å². The molecule has 0 atom stereocenters. The topological polar surface area (TPSA) is 17.8 Å². The minimum Gasteiger partial charge on any atom is -0.285 e. The number of hydrogen-bond acceptors (Lipinski definition) is 1. The van der Waals surface area contributed by atoms with Crippen LogP contribution in [0.25, 0.3) is 22.4 Å². The van der Waals surface area contributed by atoms with Crippen molar-refractivity contribution in [1.29, 1.82) is 0 Å². The zero-order valence-electron chi connectivity index (χ0n) is 10.5. The Kier molecular flexibility index (Phi) is 4.31. The van der Waals surface area contributed by atoms with Crippen LogP contribution in [0.3, 0.4) is 0 Å². The van der Waals surface area contributed by atoms with Gasteiger partial charge in [0.15, 0.2) is 0 Å². The minimum atomic E-state index is 0. The standard InChI is InChI=1S/C16H13N2.Ir/c1-18-11-10-16(17-18)15-9-5-8-14(12-15)13-6-3-2-4-7-13;/h2-8,10-12H,1H3;/q-1;. The largest absolute Gasteiger partial charge is 0.285 e. The molecule has 0 bridgehead atoms. The van der Waals surface area contributed by atoms with Crippen LogP contribution in [0.1, 0.15) is 0 Å². The predicted octanol–water partition coefficient (Wildman–Crippen LogP) is 3.55. The van der Waals surface area contributed by atoms with E-state index in [1.807, 2.05) is 43.6 Å². The molecule has 0 amide bonds. The van der Waals surface area contributed by atoms with E-state index in [9.17, 15) is 0 Å². The maximum absolute atomic E-state index is 4.40. The van der Waals surface area contributed by atoms with Gasteiger partial charge in [0.1, 0.15) is 0 Å². The maximum atomic E-state index is 4.40. The molecule has 19 heavy (non-hydrogen) atoms. The summed E-state index contributed by atoms with van der Waals surface area (Å²) in [5, 5.41) is 4.40. The average molecular weight is 426 g/mol. The van der Waals surface area contributed by atoms with Crippen molar-refractivity contribution >= 4 is 0 Å². The van der Waals surface area contributed by atoms with E-state index < -0.39 is 0 Å². The van der Waals surface area contributed by atoms with Crippen LogP contribution >= 0.6 is 0 Å². The SMILES string of the molecule is Cn1ccc(-c2[c-]ccc(-c3ccccc3)c2)n1.[Ir]. The van der Waals surface area contributed by atoms with Gasteiger partial charge in [-0.25, -0.2) is 5.10 Å². The number of aryl methyl sites for hydroxylation is 1. The van der Waals surface area contributed by atoms with Crippen molar-refractivity contribution in [3.05, 3.63) is 66.9 Å². The van der Waals surface area contributed by atoms with Crippen molar-refractivity contribution in [2.75, 3.05) is 0 Å². The Morgan fingerprint density at radius 1 is 1.00 bits per heavy atom. The van der Waals surface area contributed by atoms with Gasteiger partial charge in [0.25, 0.3) is 0 Å². The van der Waals surface area contributed by atoms with Crippen molar-refractivity contribution in [2.45, 2.75) is 0 Å². The fourth-order valence-electron chi connectivity index (χ4n) is 1.98. The van der Waals surface area contributed by atoms with Crippen molar-refractivity contribution in [3.8, 4) is 22.4 Å². The molecule has 0 N–H and O–H groups in total. The van der Waals surface area contributed by atoms with E-state index in [-0.39, 0.29) is 20.1 Å². The third kappa shape index (κ3) is 3.01. The van der Waals surface area contributed by atoms with Crippen molar-refractivity contribution in [1.82, 2.24) is 9.78 Å². The summed E-state index contributed by atoms with van der Waals surface area (Å²) in [6.07, 6.45) is 1.94. The Morgan fingerprint density at radius 2 is 1.79 bits per heavy atom. The molecule has 0 aliphatic heterocycles. The Balaban J connectivity index is 0.00000133. The predicted molar refractivity (Wildman–Crippen MR) is 72.9 cm³/mol. The maximum Gasteiger partial charge on any atom is 0.0288 e. The van der Waals surface area contributed by atoms with Crippen molar-refractivity contribution in [3.63, 3.8) is 0 Å². The summed E-state index contributed by atoms with van der Waals surface area (Å²) in [6, 6.07) is 21.7. The van der Waals surface area contributed by atoms with Crippen LogP contribution in [0.4, 0.5) is 0 Å². The second kappa shape index (κ2) is 5.96. The van der Waals surface area contributed by atoms with Gasteiger partial charge < -0.3 is 0 Å². The zero-order valence-corrected chi connectivity index (χ0v) is 12.9. The number of benzene rings is 2. The summed E-state index contributed by atoms with van der Waals surface area (Å²) in [6.45, 7) is 0.